The van der Waals surface area contributed by atoms with Gasteiger partial charge in [0, 0.05) is 13.1 Å². The summed E-state index contributed by atoms with van der Waals surface area (Å²) in [6, 6.07) is 3.44. The van der Waals surface area contributed by atoms with Gasteiger partial charge in [-0.05, 0) is 25.3 Å². The lowest BCUT2D eigenvalue weighted by atomic mass is 10.4. The number of thiophene rings is 1. The number of thioether (sulfide) groups is 1. The first-order valence-electron chi connectivity index (χ1n) is 6.81. The van der Waals surface area contributed by atoms with E-state index in [9.17, 15) is 9.59 Å². The molecule has 3 rings (SSSR count). The summed E-state index contributed by atoms with van der Waals surface area (Å²) < 4.78 is 6.99. The third kappa shape index (κ3) is 3.15. The van der Waals surface area contributed by atoms with Crippen molar-refractivity contribution in [1.82, 2.24) is 14.7 Å². The van der Waals surface area contributed by atoms with E-state index in [0.29, 0.717) is 27.0 Å². The number of anilines is 1. The highest BCUT2D eigenvalue weighted by Gasteiger charge is 2.19. The van der Waals surface area contributed by atoms with Gasteiger partial charge in [0.05, 0.1) is 10.8 Å². The minimum atomic E-state index is -0.443. The molecule has 0 bridgehead atoms. The highest BCUT2D eigenvalue weighted by atomic mass is 32.2. The number of nitrogens with one attached hydrogen (secondary N) is 1. The molecule has 1 unspecified atom stereocenters. The molecule has 1 atom stereocenters. The molecule has 0 aliphatic heterocycles. The van der Waals surface area contributed by atoms with Crippen LogP contribution in [0.15, 0.2) is 32.0 Å². The number of fused-ring (bicyclic) bond motifs is 1. The summed E-state index contributed by atoms with van der Waals surface area (Å²) in [4.78, 5) is 28.9. The van der Waals surface area contributed by atoms with Gasteiger partial charge in [-0.3, -0.25) is 14.2 Å². The van der Waals surface area contributed by atoms with Crippen LogP contribution in [0.4, 0.5) is 5.82 Å². The Bertz CT molecular complexity index is 928. The summed E-state index contributed by atoms with van der Waals surface area (Å²) in [7, 11) is 1.66. The Labute approximate surface area is 139 Å². The molecule has 0 aliphatic rings. The van der Waals surface area contributed by atoms with E-state index in [-0.39, 0.29) is 11.5 Å². The van der Waals surface area contributed by atoms with Crippen molar-refractivity contribution in [3.05, 3.63) is 33.6 Å². The molecule has 0 spiro atoms. The van der Waals surface area contributed by atoms with E-state index in [2.05, 4.69) is 15.5 Å². The number of rotatable bonds is 4. The van der Waals surface area contributed by atoms with Crippen LogP contribution in [0, 0.1) is 6.92 Å². The van der Waals surface area contributed by atoms with Gasteiger partial charge in [0.1, 0.15) is 10.5 Å². The zero-order valence-electron chi connectivity index (χ0n) is 12.7. The maximum Gasteiger partial charge on any atom is 0.271 e. The van der Waals surface area contributed by atoms with Crippen LogP contribution in [0.5, 0.6) is 0 Å². The zero-order chi connectivity index (χ0) is 16.6. The zero-order valence-corrected chi connectivity index (χ0v) is 14.3. The van der Waals surface area contributed by atoms with Gasteiger partial charge in [-0.2, -0.15) is 0 Å². The van der Waals surface area contributed by atoms with Gasteiger partial charge in [0.15, 0.2) is 11.0 Å². The average Bonchev–Trinajstić information content (AvgIpc) is 3.13. The second kappa shape index (κ2) is 6.17. The van der Waals surface area contributed by atoms with Crippen LogP contribution < -0.4 is 10.9 Å². The van der Waals surface area contributed by atoms with Crippen LogP contribution in [-0.4, -0.2) is 25.9 Å². The topological polar surface area (TPSA) is 90.0 Å². The summed E-state index contributed by atoms with van der Waals surface area (Å²) in [5.74, 6) is 0.755. The fourth-order valence-electron chi connectivity index (χ4n) is 1.94. The molecular weight excluding hydrogens is 336 g/mol. The fraction of sp³-hybridized carbons (Fsp3) is 0.286. The Balaban J connectivity index is 1.79. The van der Waals surface area contributed by atoms with Crippen LogP contribution in [0.1, 0.15) is 12.7 Å². The molecular formula is C14H14N4O3S2. The van der Waals surface area contributed by atoms with E-state index < -0.39 is 5.25 Å². The Morgan fingerprint density at radius 2 is 2.30 bits per heavy atom. The number of amides is 1. The largest absolute Gasteiger partial charge is 0.360 e. The van der Waals surface area contributed by atoms with Crippen molar-refractivity contribution in [2.75, 3.05) is 5.32 Å². The third-order valence-corrected chi connectivity index (χ3v) is 5.21. The molecule has 0 fully saturated rings. The van der Waals surface area contributed by atoms with Crippen LogP contribution in [-0.2, 0) is 11.8 Å². The molecule has 0 aliphatic carbocycles. The molecule has 1 amide bonds. The predicted octanol–water partition coefficient (Wildman–Crippen LogP) is 2.41. The number of aryl methyl sites for hydroxylation is 1. The number of carbonyl (C=O) groups is 1. The van der Waals surface area contributed by atoms with Crippen LogP contribution in [0.25, 0.3) is 10.2 Å². The lowest BCUT2D eigenvalue weighted by molar-refractivity contribution is -0.115. The van der Waals surface area contributed by atoms with Gasteiger partial charge in [-0.25, -0.2) is 4.98 Å². The standard InChI is InChI=1S/C14H14N4O3S2/c1-7-6-10(17-21-7)16-12(19)8(2)23-14-15-9-4-5-22-11(9)13(20)18(14)3/h4-6,8H,1-3H3,(H,16,17,19). The summed E-state index contributed by atoms with van der Waals surface area (Å²) in [5, 5.41) is 8.28. The van der Waals surface area contributed by atoms with Crippen LogP contribution >= 0.6 is 23.1 Å². The smallest absolute Gasteiger partial charge is 0.271 e. The van der Waals surface area contributed by atoms with E-state index in [1.165, 1.54) is 27.7 Å². The first-order valence-corrected chi connectivity index (χ1v) is 8.56. The fourth-order valence-corrected chi connectivity index (χ4v) is 3.62. The van der Waals surface area contributed by atoms with Gasteiger partial charge >= 0.3 is 0 Å². The average molecular weight is 350 g/mol. The van der Waals surface area contributed by atoms with E-state index in [0.717, 1.165) is 0 Å². The van der Waals surface area contributed by atoms with Gasteiger partial charge in [-0.15, -0.1) is 11.3 Å². The second-order valence-corrected chi connectivity index (χ2v) is 7.19. The molecule has 0 radical (unpaired) electrons. The monoisotopic (exact) mass is 350 g/mol. The summed E-state index contributed by atoms with van der Waals surface area (Å²) >= 11 is 2.59. The predicted molar refractivity (Wildman–Crippen MR) is 90.0 cm³/mol. The van der Waals surface area contributed by atoms with Crippen molar-refractivity contribution in [2.24, 2.45) is 7.05 Å². The first kappa shape index (κ1) is 15.8. The van der Waals surface area contributed by atoms with Gasteiger partial charge in [0.2, 0.25) is 5.91 Å². The summed E-state index contributed by atoms with van der Waals surface area (Å²) in [6.07, 6.45) is 0. The molecule has 0 saturated heterocycles. The van der Waals surface area contributed by atoms with Crippen molar-refractivity contribution in [3.63, 3.8) is 0 Å². The Morgan fingerprint density at radius 3 is 3.00 bits per heavy atom. The maximum absolute atomic E-state index is 12.3. The van der Waals surface area contributed by atoms with Crippen molar-refractivity contribution in [3.8, 4) is 0 Å². The third-order valence-electron chi connectivity index (χ3n) is 3.18. The van der Waals surface area contributed by atoms with Crippen molar-refractivity contribution in [2.45, 2.75) is 24.3 Å². The minimum absolute atomic E-state index is 0.104. The van der Waals surface area contributed by atoms with Gasteiger partial charge in [-0.1, -0.05) is 16.9 Å². The molecule has 9 heteroatoms. The van der Waals surface area contributed by atoms with Crippen LogP contribution in [0.2, 0.25) is 0 Å². The van der Waals surface area contributed by atoms with Crippen molar-refractivity contribution in [1.29, 1.82) is 0 Å². The number of aromatic nitrogens is 3. The van der Waals surface area contributed by atoms with Gasteiger partial charge in [0.25, 0.3) is 5.56 Å². The second-order valence-electron chi connectivity index (χ2n) is 4.97. The van der Waals surface area contributed by atoms with E-state index in [1.807, 2.05) is 5.38 Å². The molecule has 3 heterocycles. The van der Waals surface area contributed by atoms with Crippen molar-refractivity contribution < 1.29 is 9.32 Å². The highest BCUT2D eigenvalue weighted by Crippen LogP contribution is 2.24. The molecule has 0 saturated carbocycles. The number of hydrogen-bond acceptors (Lipinski definition) is 7. The number of nitrogens with zero attached hydrogens (tertiary/aromatic N) is 3. The molecule has 3 aromatic heterocycles. The number of carbonyl (C=O) groups excluding carboxylic acids is 1. The number of hydrogen-bond donors (Lipinski definition) is 1. The minimum Gasteiger partial charge on any atom is -0.360 e. The molecule has 3 aromatic rings. The Morgan fingerprint density at radius 1 is 1.52 bits per heavy atom. The summed E-state index contributed by atoms with van der Waals surface area (Å²) in [6.45, 7) is 3.49. The molecule has 23 heavy (non-hydrogen) atoms. The van der Waals surface area contributed by atoms with E-state index in [1.54, 1.807) is 33.0 Å². The quantitative estimate of drug-likeness (QED) is 0.574. The first-order chi connectivity index (χ1) is 11.0. The summed E-state index contributed by atoms with van der Waals surface area (Å²) in [5.41, 5.74) is 0.549. The van der Waals surface area contributed by atoms with E-state index >= 15 is 0 Å². The molecule has 0 aromatic carbocycles. The Hall–Kier alpha value is -2.13. The molecule has 7 nitrogen and oxygen atoms in total. The molecule has 1 N–H and O–H groups in total. The lowest BCUT2D eigenvalue weighted by Gasteiger charge is -2.12. The van der Waals surface area contributed by atoms with Crippen LogP contribution in [0.3, 0.4) is 0 Å². The van der Waals surface area contributed by atoms with Crippen molar-refractivity contribution >= 4 is 45.0 Å². The lowest BCUT2D eigenvalue weighted by Crippen LogP contribution is -2.25. The highest BCUT2D eigenvalue weighted by molar-refractivity contribution is 8.00. The van der Waals surface area contributed by atoms with Gasteiger partial charge < -0.3 is 9.84 Å². The SMILES string of the molecule is Cc1cc(NC(=O)C(C)Sc2nc3ccsc3c(=O)n2C)no1. The molecule has 120 valence electrons. The normalized spacial score (nSPS) is 12.5. The Kier molecular flexibility index (Phi) is 4.22. The maximum atomic E-state index is 12.3. The van der Waals surface area contributed by atoms with E-state index in [4.69, 9.17) is 4.52 Å².